The number of hydrogen-bond donors (Lipinski definition) is 1. The number of aromatic nitrogens is 2. The fourth-order valence-corrected chi connectivity index (χ4v) is 2.75. The zero-order chi connectivity index (χ0) is 13.9. The van der Waals surface area contributed by atoms with Crippen molar-refractivity contribution in [2.45, 2.75) is 25.7 Å². The molecule has 20 heavy (non-hydrogen) atoms. The molecule has 0 aliphatic heterocycles. The van der Waals surface area contributed by atoms with Gasteiger partial charge in [-0.15, -0.1) is 0 Å². The number of nitrogens with zero attached hydrogens (tertiary/aromatic N) is 2. The molecule has 0 atom stereocenters. The highest BCUT2D eigenvalue weighted by Gasteiger charge is 2.18. The van der Waals surface area contributed by atoms with E-state index in [0.717, 1.165) is 35.8 Å². The number of benzene rings is 1. The van der Waals surface area contributed by atoms with Crippen LogP contribution in [0.2, 0.25) is 0 Å². The van der Waals surface area contributed by atoms with E-state index in [4.69, 9.17) is 9.72 Å². The van der Waals surface area contributed by atoms with Crippen LogP contribution in [0.5, 0.6) is 5.75 Å². The Hall–Kier alpha value is -2.10. The highest BCUT2D eigenvalue weighted by Crippen LogP contribution is 2.31. The van der Waals surface area contributed by atoms with E-state index in [1.807, 2.05) is 31.3 Å². The predicted octanol–water partition coefficient (Wildman–Crippen LogP) is 3.07. The second-order valence-corrected chi connectivity index (χ2v) is 4.98. The van der Waals surface area contributed by atoms with Crippen LogP contribution < -0.4 is 10.1 Å². The Morgan fingerprint density at radius 1 is 1.10 bits per heavy atom. The van der Waals surface area contributed by atoms with Crippen LogP contribution in [0.3, 0.4) is 0 Å². The summed E-state index contributed by atoms with van der Waals surface area (Å²) in [6.07, 6.45) is 4.53. The number of methoxy groups -OCH3 is 1. The number of nitrogens with one attached hydrogen (secondary N) is 1. The molecule has 0 bridgehead atoms. The molecule has 1 N–H and O–H groups in total. The monoisotopic (exact) mass is 269 g/mol. The Kier molecular flexibility index (Phi) is 3.54. The molecule has 104 valence electrons. The molecule has 1 aliphatic carbocycles. The molecule has 0 unspecified atom stereocenters. The molecule has 1 heterocycles. The van der Waals surface area contributed by atoms with Crippen molar-refractivity contribution in [3.8, 4) is 17.1 Å². The van der Waals surface area contributed by atoms with Crippen molar-refractivity contribution < 1.29 is 4.74 Å². The Balaban J connectivity index is 2.14. The number of ether oxygens (including phenoxy) is 1. The van der Waals surface area contributed by atoms with Crippen LogP contribution >= 0.6 is 0 Å². The number of aryl methyl sites for hydroxylation is 1. The maximum Gasteiger partial charge on any atom is 0.165 e. The van der Waals surface area contributed by atoms with Gasteiger partial charge in [-0.25, -0.2) is 9.97 Å². The lowest BCUT2D eigenvalue weighted by molar-refractivity contribution is 0.416. The zero-order valence-electron chi connectivity index (χ0n) is 11.9. The first-order valence-corrected chi connectivity index (χ1v) is 7.04. The molecule has 2 aromatic rings. The fourth-order valence-electron chi connectivity index (χ4n) is 2.75. The van der Waals surface area contributed by atoms with Crippen LogP contribution in [-0.4, -0.2) is 24.1 Å². The number of anilines is 1. The fraction of sp³-hybridized carbons (Fsp3) is 0.375. The third-order valence-electron chi connectivity index (χ3n) is 3.77. The standard InChI is InChI=1S/C16H19N3O/c1-17-15-11-7-3-5-9-13(11)18-16(19-15)12-8-4-6-10-14(12)20-2/h4,6,8,10H,3,5,7,9H2,1-2H3,(H,17,18,19). The van der Waals surface area contributed by atoms with Crippen molar-refractivity contribution in [2.75, 3.05) is 19.5 Å². The van der Waals surface area contributed by atoms with Crippen LogP contribution in [0, 0.1) is 0 Å². The minimum Gasteiger partial charge on any atom is -0.496 e. The molecule has 0 saturated carbocycles. The molecule has 1 aromatic heterocycles. The van der Waals surface area contributed by atoms with Crippen molar-refractivity contribution in [1.82, 2.24) is 9.97 Å². The number of hydrogen-bond acceptors (Lipinski definition) is 4. The topological polar surface area (TPSA) is 47.0 Å². The molecule has 0 spiro atoms. The van der Waals surface area contributed by atoms with Gasteiger partial charge in [0.05, 0.1) is 12.7 Å². The largest absolute Gasteiger partial charge is 0.496 e. The lowest BCUT2D eigenvalue weighted by Gasteiger charge is -2.19. The summed E-state index contributed by atoms with van der Waals surface area (Å²) in [5.74, 6) is 2.51. The third-order valence-corrected chi connectivity index (χ3v) is 3.77. The van der Waals surface area contributed by atoms with E-state index in [0.29, 0.717) is 0 Å². The van der Waals surface area contributed by atoms with E-state index in [1.165, 1.54) is 24.1 Å². The van der Waals surface area contributed by atoms with Crippen LogP contribution in [-0.2, 0) is 12.8 Å². The van der Waals surface area contributed by atoms with E-state index in [1.54, 1.807) is 7.11 Å². The summed E-state index contributed by atoms with van der Waals surface area (Å²) >= 11 is 0. The SMILES string of the molecule is CNc1nc(-c2ccccc2OC)nc2c1CCCC2. The van der Waals surface area contributed by atoms with Crippen molar-refractivity contribution in [1.29, 1.82) is 0 Å². The Labute approximate surface area is 119 Å². The predicted molar refractivity (Wildman–Crippen MR) is 80.2 cm³/mol. The van der Waals surface area contributed by atoms with Gasteiger partial charge in [-0.2, -0.15) is 0 Å². The number of para-hydroxylation sites is 1. The molecule has 0 amide bonds. The van der Waals surface area contributed by atoms with Gasteiger partial charge in [0, 0.05) is 18.3 Å². The molecule has 0 radical (unpaired) electrons. The van der Waals surface area contributed by atoms with Crippen LogP contribution in [0.25, 0.3) is 11.4 Å². The van der Waals surface area contributed by atoms with Gasteiger partial charge < -0.3 is 10.1 Å². The quantitative estimate of drug-likeness (QED) is 0.930. The summed E-state index contributed by atoms with van der Waals surface area (Å²) in [7, 11) is 3.60. The van der Waals surface area contributed by atoms with E-state index >= 15 is 0 Å². The first-order chi connectivity index (χ1) is 9.83. The molecule has 3 rings (SSSR count). The van der Waals surface area contributed by atoms with Gasteiger partial charge in [-0.1, -0.05) is 12.1 Å². The molecular formula is C16H19N3O. The summed E-state index contributed by atoms with van der Waals surface area (Å²) in [6.45, 7) is 0. The van der Waals surface area contributed by atoms with Gasteiger partial charge >= 0.3 is 0 Å². The van der Waals surface area contributed by atoms with E-state index < -0.39 is 0 Å². The van der Waals surface area contributed by atoms with Crippen molar-refractivity contribution >= 4 is 5.82 Å². The van der Waals surface area contributed by atoms with Gasteiger partial charge in [0.2, 0.25) is 0 Å². The van der Waals surface area contributed by atoms with E-state index in [-0.39, 0.29) is 0 Å². The van der Waals surface area contributed by atoms with Crippen LogP contribution in [0.1, 0.15) is 24.1 Å². The lowest BCUT2D eigenvalue weighted by Crippen LogP contribution is -2.12. The van der Waals surface area contributed by atoms with Crippen LogP contribution in [0.15, 0.2) is 24.3 Å². The smallest absolute Gasteiger partial charge is 0.165 e. The van der Waals surface area contributed by atoms with Crippen molar-refractivity contribution in [3.63, 3.8) is 0 Å². The zero-order valence-corrected chi connectivity index (χ0v) is 11.9. The van der Waals surface area contributed by atoms with Crippen LogP contribution in [0.4, 0.5) is 5.82 Å². The summed E-state index contributed by atoms with van der Waals surface area (Å²) in [5.41, 5.74) is 3.40. The molecule has 4 heteroatoms. The van der Waals surface area contributed by atoms with Gasteiger partial charge in [-0.05, 0) is 37.8 Å². The second-order valence-electron chi connectivity index (χ2n) is 4.98. The Morgan fingerprint density at radius 3 is 2.70 bits per heavy atom. The molecular weight excluding hydrogens is 250 g/mol. The van der Waals surface area contributed by atoms with Gasteiger partial charge in [0.15, 0.2) is 5.82 Å². The highest BCUT2D eigenvalue weighted by atomic mass is 16.5. The molecule has 0 fully saturated rings. The normalized spacial score (nSPS) is 13.7. The first-order valence-electron chi connectivity index (χ1n) is 7.04. The Morgan fingerprint density at radius 2 is 1.90 bits per heavy atom. The average molecular weight is 269 g/mol. The van der Waals surface area contributed by atoms with E-state index in [9.17, 15) is 0 Å². The summed E-state index contributed by atoms with van der Waals surface area (Å²) in [5, 5.41) is 3.21. The maximum atomic E-state index is 5.42. The highest BCUT2D eigenvalue weighted by molar-refractivity contribution is 5.66. The van der Waals surface area contributed by atoms with Crippen molar-refractivity contribution in [3.05, 3.63) is 35.5 Å². The summed E-state index contributed by atoms with van der Waals surface area (Å²) in [6, 6.07) is 7.89. The lowest BCUT2D eigenvalue weighted by atomic mass is 9.96. The van der Waals surface area contributed by atoms with Crippen molar-refractivity contribution in [2.24, 2.45) is 0 Å². The molecule has 1 aromatic carbocycles. The second kappa shape index (κ2) is 5.49. The minimum absolute atomic E-state index is 0.743. The first kappa shape index (κ1) is 12.9. The van der Waals surface area contributed by atoms with Gasteiger partial charge in [0.1, 0.15) is 11.6 Å². The summed E-state index contributed by atoms with van der Waals surface area (Å²) in [4.78, 5) is 9.45. The van der Waals surface area contributed by atoms with Gasteiger partial charge in [-0.3, -0.25) is 0 Å². The maximum absolute atomic E-state index is 5.42. The minimum atomic E-state index is 0.743. The summed E-state index contributed by atoms with van der Waals surface area (Å²) < 4.78 is 5.42. The number of fused-ring (bicyclic) bond motifs is 1. The molecule has 0 saturated heterocycles. The molecule has 1 aliphatic rings. The third kappa shape index (κ3) is 2.22. The average Bonchev–Trinajstić information content (AvgIpc) is 2.53. The number of rotatable bonds is 3. The molecule has 4 nitrogen and oxygen atoms in total. The Bertz CT molecular complexity index is 608. The van der Waals surface area contributed by atoms with E-state index in [2.05, 4.69) is 10.3 Å². The van der Waals surface area contributed by atoms with Gasteiger partial charge in [0.25, 0.3) is 0 Å².